The molecule has 0 aliphatic heterocycles. The molecule has 0 fully saturated rings. The Labute approximate surface area is 132 Å². The second-order valence-corrected chi connectivity index (χ2v) is 8.18. The van der Waals surface area contributed by atoms with E-state index >= 15 is 0 Å². The first kappa shape index (κ1) is 18.4. The number of benzene rings is 1. The van der Waals surface area contributed by atoms with Crippen molar-refractivity contribution in [2.24, 2.45) is 11.1 Å². The molecule has 0 radical (unpaired) electrons. The molecule has 6 nitrogen and oxygen atoms in total. The molecule has 1 aromatic rings. The van der Waals surface area contributed by atoms with Gasteiger partial charge in [-0.2, -0.15) is 0 Å². The van der Waals surface area contributed by atoms with Crippen LogP contribution in [0.2, 0.25) is 0 Å². The van der Waals surface area contributed by atoms with E-state index < -0.39 is 10.0 Å². The van der Waals surface area contributed by atoms with Gasteiger partial charge in [0.25, 0.3) is 5.91 Å². The molecule has 0 unspecified atom stereocenters. The second-order valence-electron chi connectivity index (χ2n) is 6.43. The maximum atomic E-state index is 12.5. The van der Waals surface area contributed by atoms with Crippen molar-refractivity contribution in [1.82, 2.24) is 4.90 Å². The predicted octanol–water partition coefficient (Wildman–Crippen LogP) is 1.42. The quantitative estimate of drug-likeness (QED) is 0.826. The number of carbonyl (C=O) groups is 1. The molecule has 0 aromatic heterocycles. The molecule has 7 heteroatoms. The summed E-state index contributed by atoms with van der Waals surface area (Å²) in [7, 11) is -1.67. The first-order valence-corrected chi connectivity index (χ1v) is 8.88. The van der Waals surface area contributed by atoms with Gasteiger partial charge in [0.2, 0.25) is 10.0 Å². The number of nitrogens with zero attached hydrogens (tertiary/aromatic N) is 1. The fourth-order valence-electron chi connectivity index (χ4n) is 2.06. The molecular formula is C15H25N3O3S. The number of rotatable bonds is 6. The third-order valence-electron chi connectivity index (χ3n) is 3.34. The normalized spacial score (nSPS) is 12.1. The Kier molecular flexibility index (Phi) is 5.59. The number of amides is 1. The molecule has 0 bridgehead atoms. The van der Waals surface area contributed by atoms with Crippen molar-refractivity contribution in [3.63, 3.8) is 0 Å². The summed E-state index contributed by atoms with van der Waals surface area (Å²) in [6.45, 7) is 6.75. The lowest BCUT2D eigenvalue weighted by Crippen LogP contribution is -2.39. The minimum Gasteiger partial charge on any atom is -0.341 e. The second kappa shape index (κ2) is 6.66. The van der Waals surface area contributed by atoms with E-state index in [1.165, 1.54) is 0 Å². The van der Waals surface area contributed by atoms with E-state index in [-0.39, 0.29) is 11.3 Å². The number of sulfonamides is 1. The molecule has 0 atom stereocenters. The minimum atomic E-state index is -3.39. The zero-order valence-corrected chi connectivity index (χ0v) is 14.6. The Bertz CT molecular complexity index is 654. The van der Waals surface area contributed by atoms with Gasteiger partial charge in [0.05, 0.1) is 11.9 Å². The Hall–Kier alpha value is -1.60. The lowest BCUT2D eigenvalue weighted by molar-refractivity contribution is 0.0740. The standard InChI is InChI=1S/C15H25N3O3S/c1-11-6-7-12(8-13(11)17-22(5,20)21)14(19)18(4)10-15(2,3)9-16/h6-8,17H,9-10,16H2,1-5H3. The van der Waals surface area contributed by atoms with Crippen LogP contribution < -0.4 is 10.5 Å². The van der Waals surface area contributed by atoms with E-state index in [4.69, 9.17) is 5.73 Å². The van der Waals surface area contributed by atoms with Crippen LogP contribution in [-0.4, -0.2) is 45.6 Å². The molecule has 0 spiro atoms. The SMILES string of the molecule is Cc1ccc(C(=O)N(C)CC(C)(C)CN)cc1NS(C)(=O)=O. The van der Waals surface area contributed by atoms with Gasteiger partial charge in [-0.05, 0) is 36.6 Å². The van der Waals surface area contributed by atoms with Crippen molar-refractivity contribution in [3.8, 4) is 0 Å². The Morgan fingerprint density at radius 1 is 1.36 bits per heavy atom. The smallest absolute Gasteiger partial charge is 0.253 e. The number of nitrogens with one attached hydrogen (secondary N) is 1. The molecule has 22 heavy (non-hydrogen) atoms. The first-order valence-electron chi connectivity index (χ1n) is 6.99. The summed E-state index contributed by atoms with van der Waals surface area (Å²) in [5, 5.41) is 0. The minimum absolute atomic E-state index is 0.168. The van der Waals surface area contributed by atoms with Crippen LogP contribution in [-0.2, 0) is 10.0 Å². The fourth-order valence-corrected chi connectivity index (χ4v) is 2.68. The summed E-state index contributed by atoms with van der Waals surface area (Å²) in [5.74, 6) is -0.168. The van der Waals surface area contributed by atoms with Crippen LogP contribution in [0, 0.1) is 12.3 Å². The van der Waals surface area contributed by atoms with Crippen molar-refractivity contribution < 1.29 is 13.2 Å². The first-order chi connectivity index (χ1) is 9.95. The van der Waals surface area contributed by atoms with Crippen molar-refractivity contribution in [3.05, 3.63) is 29.3 Å². The lowest BCUT2D eigenvalue weighted by atomic mass is 9.93. The topological polar surface area (TPSA) is 92.5 Å². The summed E-state index contributed by atoms with van der Waals surface area (Å²) >= 11 is 0. The molecule has 0 saturated carbocycles. The van der Waals surface area contributed by atoms with Crippen LogP contribution in [0.3, 0.4) is 0 Å². The van der Waals surface area contributed by atoms with E-state index in [0.717, 1.165) is 11.8 Å². The van der Waals surface area contributed by atoms with Gasteiger partial charge in [0.1, 0.15) is 0 Å². The van der Waals surface area contributed by atoms with Gasteiger partial charge < -0.3 is 10.6 Å². The molecule has 1 aromatic carbocycles. The third kappa shape index (κ3) is 5.31. The van der Waals surface area contributed by atoms with Gasteiger partial charge in [-0.1, -0.05) is 19.9 Å². The highest BCUT2D eigenvalue weighted by Gasteiger charge is 2.22. The summed E-state index contributed by atoms with van der Waals surface area (Å²) in [6.07, 6.45) is 1.08. The molecule has 0 aliphatic carbocycles. The Morgan fingerprint density at radius 2 is 1.95 bits per heavy atom. The van der Waals surface area contributed by atoms with Gasteiger partial charge in [-0.3, -0.25) is 9.52 Å². The lowest BCUT2D eigenvalue weighted by Gasteiger charge is -2.29. The van der Waals surface area contributed by atoms with Crippen LogP contribution in [0.15, 0.2) is 18.2 Å². The highest BCUT2D eigenvalue weighted by Crippen LogP contribution is 2.20. The van der Waals surface area contributed by atoms with Gasteiger partial charge >= 0.3 is 0 Å². The van der Waals surface area contributed by atoms with E-state index in [2.05, 4.69) is 4.72 Å². The largest absolute Gasteiger partial charge is 0.341 e. The average molecular weight is 327 g/mol. The van der Waals surface area contributed by atoms with Crippen LogP contribution in [0.4, 0.5) is 5.69 Å². The van der Waals surface area contributed by atoms with Crippen molar-refractivity contribution in [1.29, 1.82) is 0 Å². The number of nitrogens with two attached hydrogens (primary N) is 1. The van der Waals surface area contributed by atoms with Gasteiger partial charge in [0.15, 0.2) is 0 Å². The molecule has 124 valence electrons. The summed E-state index contributed by atoms with van der Waals surface area (Å²) < 4.78 is 25.2. The van der Waals surface area contributed by atoms with Crippen molar-refractivity contribution >= 4 is 21.6 Å². The van der Waals surface area contributed by atoms with Gasteiger partial charge in [-0.15, -0.1) is 0 Å². The molecule has 3 N–H and O–H groups in total. The van der Waals surface area contributed by atoms with Gasteiger partial charge in [0, 0.05) is 19.2 Å². The number of hydrogen-bond acceptors (Lipinski definition) is 4. The molecular weight excluding hydrogens is 302 g/mol. The molecule has 0 heterocycles. The van der Waals surface area contributed by atoms with E-state index in [1.807, 2.05) is 13.8 Å². The maximum absolute atomic E-state index is 12.5. The average Bonchev–Trinajstić information content (AvgIpc) is 2.38. The summed E-state index contributed by atoms with van der Waals surface area (Å²) in [5.41, 5.74) is 7.12. The highest BCUT2D eigenvalue weighted by molar-refractivity contribution is 7.92. The summed E-state index contributed by atoms with van der Waals surface area (Å²) in [4.78, 5) is 14.1. The number of aryl methyl sites for hydroxylation is 1. The van der Waals surface area contributed by atoms with Crippen molar-refractivity contribution in [2.45, 2.75) is 20.8 Å². The maximum Gasteiger partial charge on any atom is 0.253 e. The predicted molar refractivity (Wildman–Crippen MR) is 89.4 cm³/mol. The monoisotopic (exact) mass is 327 g/mol. The zero-order chi connectivity index (χ0) is 17.1. The van der Waals surface area contributed by atoms with Crippen LogP contribution in [0.5, 0.6) is 0 Å². The van der Waals surface area contributed by atoms with Crippen molar-refractivity contribution in [2.75, 3.05) is 31.1 Å². The van der Waals surface area contributed by atoms with E-state index in [0.29, 0.717) is 24.3 Å². The Morgan fingerprint density at radius 3 is 2.45 bits per heavy atom. The van der Waals surface area contributed by atoms with E-state index in [9.17, 15) is 13.2 Å². The number of anilines is 1. The zero-order valence-electron chi connectivity index (χ0n) is 13.8. The Balaban J connectivity index is 3.02. The van der Waals surface area contributed by atoms with Crippen LogP contribution >= 0.6 is 0 Å². The number of carbonyl (C=O) groups excluding carboxylic acids is 1. The third-order valence-corrected chi connectivity index (χ3v) is 3.94. The van der Waals surface area contributed by atoms with Gasteiger partial charge in [-0.25, -0.2) is 8.42 Å². The molecule has 0 saturated heterocycles. The molecule has 1 rings (SSSR count). The fraction of sp³-hybridized carbons (Fsp3) is 0.533. The van der Waals surface area contributed by atoms with Crippen LogP contribution in [0.25, 0.3) is 0 Å². The van der Waals surface area contributed by atoms with Crippen LogP contribution in [0.1, 0.15) is 29.8 Å². The van der Waals surface area contributed by atoms with E-state index in [1.54, 1.807) is 37.1 Å². The number of hydrogen-bond donors (Lipinski definition) is 2. The summed E-state index contributed by atoms with van der Waals surface area (Å²) in [6, 6.07) is 4.98. The molecule has 1 amide bonds. The molecule has 0 aliphatic rings. The highest BCUT2D eigenvalue weighted by atomic mass is 32.2.